The Bertz CT molecular complexity index is 368. The van der Waals surface area contributed by atoms with Crippen molar-refractivity contribution in [2.75, 3.05) is 12.3 Å². The average molecular weight is 249 g/mol. The number of aromatic nitrogens is 2. The maximum absolute atomic E-state index is 11.8. The number of rotatable bonds is 5. The third kappa shape index (κ3) is 4.99. The number of anilines is 1. The van der Waals surface area contributed by atoms with Gasteiger partial charge in [0.2, 0.25) is 0 Å². The lowest BCUT2D eigenvalue weighted by atomic mass is 10.2. The number of hydrogen-bond donors (Lipinski definition) is 1. The third-order valence-corrected chi connectivity index (χ3v) is 1.93. The molecule has 0 unspecified atom stereocenters. The van der Waals surface area contributed by atoms with Crippen LogP contribution in [0.2, 0.25) is 0 Å². The van der Waals surface area contributed by atoms with Crippen LogP contribution in [-0.2, 0) is 17.8 Å². The topological polar surface area (TPSA) is 61.0 Å². The summed E-state index contributed by atoms with van der Waals surface area (Å²) in [7, 11) is 0. The number of hydrogen-bond acceptors (Lipinski definition) is 4. The molecule has 0 aliphatic heterocycles. The average Bonchev–Trinajstić information content (AvgIpc) is 2.21. The van der Waals surface area contributed by atoms with Crippen LogP contribution in [0.3, 0.4) is 0 Å². The maximum atomic E-state index is 11.8. The Morgan fingerprint density at radius 2 is 2.12 bits per heavy atom. The Morgan fingerprint density at radius 3 is 2.71 bits per heavy atom. The van der Waals surface area contributed by atoms with Gasteiger partial charge in [-0.25, -0.2) is 9.97 Å². The monoisotopic (exact) mass is 249 g/mol. The minimum Gasteiger partial charge on any atom is -0.396 e. The van der Waals surface area contributed by atoms with E-state index in [2.05, 4.69) is 14.7 Å². The SMILES string of the molecule is CCCc1nc(COCC(F)(F)F)ncc1N. The molecule has 0 amide bonds. The number of ether oxygens (including phenoxy) is 1. The van der Waals surface area contributed by atoms with Gasteiger partial charge < -0.3 is 10.5 Å². The van der Waals surface area contributed by atoms with Crippen molar-refractivity contribution < 1.29 is 17.9 Å². The fourth-order valence-corrected chi connectivity index (χ4v) is 1.23. The van der Waals surface area contributed by atoms with E-state index in [1.165, 1.54) is 6.20 Å². The van der Waals surface area contributed by atoms with Crippen LogP contribution in [0.5, 0.6) is 0 Å². The minimum absolute atomic E-state index is 0.215. The molecule has 0 fully saturated rings. The molecule has 1 aromatic rings. The summed E-state index contributed by atoms with van der Waals surface area (Å²) in [6.45, 7) is 0.391. The van der Waals surface area contributed by atoms with Gasteiger partial charge in [-0.05, 0) is 6.42 Å². The highest BCUT2D eigenvalue weighted by Crippen LogP contribution is 2.15. The Balaban J connectivity index is 2.57. The largest absolute Gasteiger partial charge is 0.411 e. The van der Waals surface area contributed by atoms with Crippen LogP contribution < -0.4 is 5.73 Å². The summed E-state index contributed by atoms with van der Waals surface area (Å²) >= 11 is 0. The molecule has 0 spiro atoms. The summed E-state index contributed by atoms with van der Waals surface area (Å²) in [5, 5.41) is 0. The van der Waals surface area contributed by atoms with Crippen molar-refractivity contribution in [1.29, 1.82) is 0 Å². The van der Waals surface area contributed by atoms with Crippen molar-refractivity contribution in [3.05, 3.63) is 17.7 Å². The van der Waals surface area contributed by atoms with E-state index in [4.69, 9.17) is 5.73 Å². The smallest absolute Gasteiger partial charge is 0.396 e. The van der Waals surface area contributed by atoms with E-state index in [1.807, 2.05) is 6.92 Å². The van der Waals surface area contributed by atoms with Gasteiger partial charge in [0.15, 0.2) is 5.82 Å². The lowest BCUT2D eigenvalue weighted by Gasteiger charge is -2.08. The van der Waals surface area contributed by atoms with E-state index in [0.29, 0.717) is 17.8 Å². The van der Waals surface area contributed by atoms with E-state index in [-0.39, 0.29) is 12.4 Å². The zero-order valence-electron chi connectivity index (χ0n) is 9.42. The van der Waals surface area contributed by atoms with Gasteiger partial charge in [0, 0.05) is 0 Å². The Morgan fingerprint density at radius 1 is 1.41 bits per heavy atom. The molecule has 2 N–H and O–H groups in total. The van der Waals surface area contributed by atoms with Gasteiger partial charge in [-0.3, -0.25) is 0 Å². The van der Waals surface area contributed by atoms with Crippen LogP contribution in [0.4, 0.5) is 18.9 Å². The van der Waals surface area contributed by atoms with E-state index >= 15 is 0 Å². The van der Waals surface area contributed by atoms with Crippen LogP contribution in [0.1, 0.15) is 24.9 Å². The Kier molecular flexibility index (Phi) is 4.68. The molecule has 7 heteroatoms. The molecule has 0 aromatic carbocycles. The molecular formula is C10H14F3N3O. The van der Waals surface area contributed by atoms with Gasteiger partial charge in [-0.15, -0.1) is 0 Å². The van der Waals surface area contributed by atoms with Gasteiger partial charge in [-0.2, -0.15) is 13.2 Å². The second kappa shape index (κ2) is 5.81. The van der Waals surface area contributed by atoms with E-state index < -0.39 is 12.8 Å². The second-order valence-electron chi connectivity index (χ2n) is 3.55. The summed E-state index contributed by atoms with van der Waals surface area (Å²) in [5.41, 5.74) is 6.72. The lowest BCUT2D eigenvalue weighted by Crippen LogP contribution is -2.17. The number of nitrogens with zero attached hydrogens (tertiary/aromatic N) is 2. The maximum Gasteiger partial charge on any atom is 0.411 e. The number of halogens is 3. The molecule has 0 bridgehead atoms. The quantitative estimate of drug-likeness (QED) is 0.868. The minimum atomic E-state index is -4.33. The molecule has 0 atom stereocenters. The molecule has 96 valence electrons. The second-order valence-corrected chi connectivity index (χ2v) is 3.55. The summed E-state index contributed by atoms with van der Waals surface area (Å²) < 4.78 is 40.0. The first kappa shape index (κ1) is 13.7. The van der Waals surface area contributed by atoms with Crippen LogP contribution in [0, 0.1) is 0 Å². The van der Waals surface area contributed by atoms with Gasteiger partial charge in [-0.1, -0.05) is 13.3 Å². The highest BCUT2D eigenvalue weighted by atomic mass is 19.4. The molecule has 0 saturated carbocycles. The summed E-state index contributed by atoms with van der Waals surface area (Å²) in [5.74, 6) is 0.215. The molecule has 0 saturated heterocycles. The lowest BCUT2D eigenvalue weighted by molar-refractivity contribution is -0.177. The van der Waals surface area contributed by atoms with Gasteiger partial charge >= 0.3 is 6.18 Å². The van der Waals surface area contributed by atoms with E-state index in [1.54, 1.807) is 0 Å². The first-order valence-electron chi connectivity index (χ1n) is 5.17. The van der Waals surface area contributed by atoms with Crippen molar-refractivity contribution in [3.63, 3.8) is 0 Å². The summed E-state index contributed by atoms with van der Waals surface area (Å²) in [6.07, 6.45) is -1.42. The molecule has 0 aliphatic carbocycles. The van der Waals surface area contributed by atoms with Crippen molar-refractivity contribution in [1.82, 2.24) is 9.97 Å². The molecular weight excluding hydrogens is 235 g/mol. The van der Waals surface area contributed by atoms with Crippen molar-refractivity contribution >= 4 is 5.69 Å². The predicted octanol–water partition coefficient (Wildman–Crippen LogP) is 2.09. The zero-order chi connectivity index (χ0) is 12.9. The Hall–Kier alpha value is -1.37. The van der Waals surface area contributed by atoms with Crippen LogP contribution in [0.15, 0.2) is 6.20 Å². The number of alkyl halides is 3. The zero-order valence-corrected chi connectivity index (χ0v) is 9.42. The predicted molar refractivity (Wildman–Crippen MR) is 56.2 cm³/mol. The van der Waals surface area contributed by atoms with Crippen molar-refractivity contribution in [3.8, 4) is 0 Å². The number of nitrogens with two attached hydrogens (primary N) is 1. The fourth-order valence-electron chi connectivity index (χ4n) is 1.23. The molecule has 1 rings (SSSR count). The van der Waals surface area contributed by atoms with Crippen LogP contribution >= 0.6 is 0 Å². The Labute approximate surface area is 97.0 Å². The van der Waals surface area contributed by atoms with Gasteiger partial charge in [0.1, 0.15) is 13.2 Å². The van der Waals surface area contributed by atoms with E-state index in [0.717, 1.165) is 6.42 Å². The summed E-state index contributed by atoms with van der Waals surface area (Å²) in [6, 6.07) is 0. The number of nitrogen functional groups attached to an aromatic ring is 1. The molecule has 1 aromatic heterocycles. The summed E-state index contributed by atoms with van der Waals surface area (Å²) in [4.78, 5) is 7.87. The third-order valence-electron chi connectivity index (χ3n) is 1.93. The van der Waals surface area contributed by atoms with Gasteiger partial charge in [0.25, 0.3) is 0 Å². The molecule has 17 heavy (non-hydrogen) atoms. The number of aryl methyl sites for hydroxylation is 1. The van der Waals surface area contributed by atoms with Crippen LogP contribution in [-0.4, -0.2) is 22.8 Å². The van der Waals surface area contributed by atoms with Crippen LogP contribution in [0.25, 0.3) is 0 Å². The molecule has 1 heterocycles. The first-order valence-corrected chi connectivity index (χ1v) is 5.17. The highest BCUT2D eigenvalue weighted by molar-refractivity contribution is 5.40. The molecule has 0 radical (unpaired) electrons. The highest BCUT2D eigenvalue weighted by Gasteiger charge is 2.27. The van der Waals surface area contributed by atoms with Crippen molar-refractivity contribution in [2.24, 2.45) is 0 Å². The molecule has 0 aliphatic rings. The van der Waals surface area contributed by atoms with Crippen molar-refractivity contribution in [2.45, 2.75) is 32.5 Å². The van der Waals surface area contributed by atoms with Gasteiger partial charge in [0.05, 0.1) is 17.6 Å². The normalized spacial score (nSPS) is 11.8. The van der Waals surface area contributed by atoms with E-state index in [9.17, 15) is 13.2 Å². The standard InChI is InChI=1S/C10H14F3N3O/c1-2-3-8-7(14)4-15-9(16-8)5-17-6-10(11,12)13/h4H,2-3,5-6,14H2,1H3. The fraction of sp³-hybridized carbons (Fsp3) is 0.600. The first-order chi connectivity index (χ1) is 7.92. The molecule has 4 nitrogen and oxygen atoms in total.